The van der Waals surface area contributed by atoms with E-state index in [1.165, 1.54) is 23.5 Å². The Morgan fingerprint density at radius 1 is 1.28 bits per heavy atom. The summed E-state index contributed by atoms with van der Waals surface area (Å²) in [5.41, 5.74) is 0.147. The van der Waals surface area contributed by atoms with Crippen molar-refractivity contribution in [2.75, 3.05) is 16.8 Å². The molecule has 0 bridgehead atoms. The topological polar surface area (TPSA) is 75.2 Å². The molecular formula is C17H19FN4O2S. The van der Waals surface area contributed by atoms with Crippen LogP contribution in [0.3, 0.4) is 0 Å². The molecule has 6 nitrogen and oxygen atoms in total. The molecule has 1 atom stereocenters. The van der Waals surface area contributed by atoms with Crippen LogP contribution < -0.4 is 10.2 Å². The molecule has 1 fully saturated rings. The highest BCUT2D eigenvalue weighted by Gasteiger charge is 2.34. The molecule has 1 aromatic carbocycles. The third-order valence-corrected chi connectivity index (χ3v) is 4.96. The zero-order valence-electron chi connectivity index (χ0n) is 14.2. The van der Waals surface area contributed by atoms with Crippen molar-refractivity contribution in [2.45, 2.75) is 33.1 Å². The first-order valence-corrected chi connectivity index (χ1v) is 8.76. The molecule has 1 aliphatic rings. The van der Waals surface area contributed by atoms with Gasteiger partial charge in [-0.1, -0.05) is 32.1 Å². The molecule has 1 saturated heterocycles. The van der Waals surface area contributed by atoms with E-state index in [-0.39, 0.29) is 23.5 Å². The Hall–Kier alpha value is -2.35. The van der Waals surface area contributed by atoms with Crippen molar-refractivity contribution in [3.8, 4) is 0 Å². The van der Waals surface area contributed by atoms with Gasteiger partial charge in [-0.25, -0.2) is 4.39 Å². The van der Waals surface area contributed by atoms with Crippen molar-refractivity contribution in [3.63, 3.8) is 0 Å². The molecule has 3 rings (SSSR count). The zero-order chi connectivity index (χ0) is 18.2. The SMILES string of the molecule is CC(C)(C)C(=O)Nc1nnc(C2CC(=O)N(c3ccc(F)cc3)C2)s1. The van der Waals surface area contributed by atoms with E-state index in [1.54, 1.807) is 17.0 Å². The fraction of sp³-hybridized carbons (Fsp3) is 0.412. The minimum atomic E-state index is -0.519. The molecule has 2 heterocycles. The maximum atomic E-state index is 13.0. The Morgan fingerprint density at radius 2 is 1.96 bits per heavy atom. The number of carbonyl (C=O) groups excluding carboxylic acids is 2. The Bertz CT molecular complexity index is 798. The minimum absolute atomic E-state index is 0.0351. The van der Waals surface area contributed by atoms with Crippen LogP contribution in [0.1, 0.15) is 38.1 Å². The van der Waals surface area contributed by atoms with Crippen molar-refractivity contribution in [3.05, 3.63) is 35.1 Å². The maximum Gasteiger partial charge on any atom is 0.231 e. The molecule has 8 heteroatoms. The first-order chi connectivity index (χ1) is 11.7. The first kappa shape index (κ1) is 17.5. The van der Waals surface area contributed by atoms with Gasteiger partial charge >= 0.3 is 0 Å². The van der Waals surface area contributed by atoms with Gasteiger partial charge in [-0.3, -0.25) is 9.59 Å². The number of benzene rings is 1. The molecule has 132 valence electrons. The number of nitrogens with zero attached hydrogens (tertiary/aromatic N) is 3. The molecule has 0 saturated carbocycles. The van der Waals surface area contributed by atoms with Crippen LogP contribution in [0.15, 0.2) is 24.3 Å². The number of hydrogen-bond acceptors (Lipinski definition) is 5. The summed E-state index contributed by atoms with van der Waals surface area (Å²) in [7, 11) is 0. The maximum absolute atomic E-state index is 13.0. The smallest absolute Gasteiger partial charge is 0.231 e. The van der Waals surface area contributed by atoms with Crippen LogP contribution in [0.2, 0.25) is 0 Å². The summed E-state index contributed by atoms with van der Waals surface area (Å²) in [4.78, 5) is 25.9. The molecule has 25 heavy (non-hydrogen) atoms. The van der Waals surface area contributed by atoms with Gasteiger partial charge in [0.1, 0.15) is 10.8 Å². The molecule has 0 spiro atoms. The largest absolute Gasteiger partial charge is 0.312 e. The van der Waals surface area contributed by atoms with E-state index in [1.807, 2.05) is 20.8 Å². The second-order valence-electron chi connectivity index (χ2n) is 7.03. The number of nitrogens with one attached hydrogen (secondary N) is 1. The minimum Gasteiger partial charge on any atom is -0.312 e. The van der Waals surface area contributed by atoms with Gasteiger partial charge in [0, 0.05) is 30.0 Å². The summed E-state index contributed by atoms with van der Waals surface area (Å²) in [6.45, 7) is 5.92. The summed E-state index contributed by atoms with van der Waals surface area (Å²) < 4.78 is 13.0. The summed E-state index contributed by atoms with van der Waals surface area (Å²) in [6.07, 6.45) is 0.319. The Kier molecular flexibility index (Phi) is 4.55. The van der Waals surface area contributed by atoms with Crippen LogP contribution in [-0.2, 0) is 9.59 Å². The van der Waals surface area contributed by atoms with Gasteiger partial charge in [-0.05, 0) is 24.3 Å². The molecule has 2 amide bonds. The number of hydrogen-bond donors (Lipinski definition) is 1. The predicted molar refractivity (Wildman–Crippen MR) is 94.1 cm³/mol. The second-order valence-corrected chi connectivity index (χ2v) is 8.04. The van der Waals surface area contributed by atoms with Crippen LogP contribution >= 0.6 is 11.3 Å². The lowest BCUT2D eigenvalue weighted by Crippen LogP contribution is -2.27. The van der Waals surface area contributed by atoms with Gasteiger partial charge in [0.25, 0.3) is 0 Å². The third-order valence-electron chi connectivity index (χ3n) is 3.95. The van der Waals surface area contributed by atoms with Crippen LogP contribution in [0.25, 0.3) is 0 Å². The summed E-state index contributed by atoms with van der Waals surface area (Å²) in [6, 6.07) is 5.84. The number of aromatic nitrogens is 2. The molecular weight excluding hydrogens is 343 g/mol. The van der Waals surface area contributed by atoms with Crippen LogP contribution in [0.5, 0.6) is 0 Å². The lowest BCUT2D eigenvalue weighted by atomic mass is 9.96. The van der Waals surface area contributed by atoms with E-state index in [2.05, 4.69) is 15.5 Å². The first-order valence-electron chi connectivity index (χ1n) is 7.95. The number of amides is 2. The number of rotatable bonds is 3. The predicted octanol–water partition coefficient (Wildman–Crippen LogP) is 3.18. The Balaban J connectivity index is 1.70. The van der Waals surface area contributed by atoms with Crippen molar-refractivity contribution in [1.29, 1.82) is 0 Å². The van der Waals surface area contributed by atoms with Gasteiger partial charge in [0.15, 0.2) is 0 Å². The van der Waals surface area contributed by atoms with Crippen molar-refractivity contribution < 1.29 is 14.0 Å². The quantitative estimate of drug-likeness (QED) is 0.910. The van der Waals surface area contributed by atoms with Crippen molar-refractivity contribution in [2.24, 2.45) is 5.41 Å². The van der Waals surface area contributed by atoms with E-state index < -0.39 is 5.41 Å². The lowest BCUT2D eigenvalue weighted by molar-refractivity contribution is -0.123. The molecule has 2 aromatic rings. The molecule has 0 aliphatic carbocycles. The Morgan fingerprint density at radius 3 is 2.60 bits per heavy atom. The fourth-order valence-electron chi connectivity index (χ4n) is 2.48. The van der Waals surface area contributed by atoms with E-state index in [9.17, 15) is 14.0 Å². The van der Waals surface area contributed by atoms with Crippen LogP contribution in [-0.4, -0.2) is 28.6 Å². The van der Waals surface area contributed by atoms with Gasteiger partial charge < -0.3 is 10.2 Å². The highest BCUT2D eigenvalue weighted by atomic mass is 32.1. The van der Waals surface area contributed by atoms with Crippen molar-refractivity contribution >= 4 is 34.0 Å². The fourth-order valence-corrected chi connectivity index (χ4v) is 3.31. The molecule has 1 unspecified atom stereocenters. The highest BCUT2D eigenvalue weighted by molar-refractivity contribution is 7.15. The van der Waals surface area contributed by atoms with Gasteiger partial charge in [-0.15, -0.1) is 10.2 Å². The lowest BCUT2D eigenvalue weighted by Gasteiger charge is -2.16. The molecule has 1 aromatic heterocycles. The van der Waals surface area contributed by atoms with Gasteiger partial charge in [0.2, 0.25) is 16.9 Å². The Labute approximate surface area is 149 Å². The van der Waals surface area contributed by atoms with E-state index in [0.717, 1.165) is 0 Å². The molecule has 1 N–H and O–H groups in total. The van der Waals surface area contributed by atoms with E-state index >= 15 is 0 Å². The highest BCUT2D eigenvalue weighted by Crippen LogP contribution is 2.34. The number of carbonyl (C=O) groups is 2. The normalized spacial score (nSPS) is 17.8. The average molecular weight is 362 g/mol. The monoisotopic (exact) mass is 362 g/mol. The van der Waals surface area contributed by atoms with Crippen molar-refractivity contribution in [1.82, 2.24) is 10.2 Å². The summed E-state index contributed by atoms with van der Waals surface area (Å²) >= 11 is 1.28. The van der Waals surface area contributed by atoms with Gasteiger partial charge in [0.05, 0.1) is 0 Å². The summed E-state index contributed by atoms with van der Waals surface area (Å²) in [5, 5.41) is 12.0. The number of halogens is 1. The van der Waals surface area contributed by atoms with Crippen LogP contribution in [0.4, 0.5) is 15.2 Å². The van der Waals surface area contributed by atoms with Crippen LogP contribution in [0, 0.1) is 11.2 Å². The third kappa shape index (κ3) is 3.84. The van der Waals surface area contributed by atoms with Gasteiger partial charge in [-0.2, -0.15) is 0 Å². The van der Waals surface area contributed by atoms with E-state index in [4.69, 9.17) is 0 Å². The summed E-state index contributed by atoms with van der Waals surface area (Å²) in [5.74, 6) is -0.594. The standard InChI is InChI=1S/C17H19FN4O2S/c1-17(2,3)15(24)19-16-21-20-14(25-16)10-8-13(23)22(9-10)12-6-4-11(18)5-7-12/h4-7,10H,8-9H2,1-3H3,(H,19,21,24). The molecule has 0 radical (unpaired) electrons. The zero-order valence-corrected chi connectivity index (χ0v) is 15.1. The second kappa shape index (κ2) is 6.51. The molecule has 1 aliphatic heterocycles. The average Bonchev–Trinajstić information content (AvgIpc) is 3.14. The van der Waals surface area contributed by atoms with E-state index in [0.29, 0.717) is 28.8 Å². The number of anilines is 2.